The zero-order valence-electron chi connectivity index (χ0n) is 15.3. The Morgan fingerprint density at radius 1 is 1.19 bits per heavy atom. The highest BCUT2D eigenvalue weighted by molar-refractivity contribution is 6.30. The summed E-state index contributed by atoms with van der Waals surface area (Å²) in [6.07, 6.45) is 5.92. The Balaban J connectivity index is 1.30. The van der Waals surface area contributed by atoms with Gasteiger partial charge in [0, 0.05) is 43.2 Å². The topological polar surface area (TPSA) is 67.6 Å². The van der Waals surface area contributed by atoms with Crippen LogP contribution in [0.2, 0.25) is 5.02 Å². The average molecular weight is 380 g/mol. The van der Waals surface area contributed by atoms with Gasteiger partial charge in [-0.25, -0.2) is 0 Å². The first-order valence-corrected chi connectivity index (χ1v) is 10.1. The van der Waals surface area contributed by atoms with Gasteiger partial charge in [0.1, 0.15) is 12.4 Å². The predicted octanol–water partition coefficient (Wildman–Crippen LogP) is 2.82. The number of carbonyl (C=O) groups excluding carboxylic acids is 1. The molecule has 0 radical (unpaired) electrons. The van der Waals surface area contributed by atoms with Crippen molar-refractivity contribution in [1.29, 1.82) is 0 Å². The highest BCUT2D eigenvalue weighted by atomic mass is 35.5. The summed E-state index contributed by atoms with van der Waals surface area (Å²) in [7, 11) is 0. The van der Waals surface area contributed by atoms with Crippen molar-refractivity contribution in [3.8, 4) is 5.75 Å². The number of halogens is 1. The van der Waals surface area contributed by atoms with Crippen LogP contribution in [0.1, 0.15) is 38.5 Å². The number of benzene rings is 1. The van der Waals surface area contributed by atoms with Crippen molar-refractivity contribution in [2.45, 2.75) is 50.6 Å². The zero-order valence-corrected chi connectivity index (χ0v) is 16.1. The highest BCUT2D eigenvalue weighted by Crippen LogP contribution is 2.26. The minimum atomic E-state index is 0.178. The number of nitrogens with two attached hydrogens (primary N) is 1. The van der Waals surface area contributed by atoms with E-state index in [4.69, 9.17) is 22.1 Å². The summed E-state index contributed by atoms with van der Waals surface area (Å²) in [4.78, 5) is 14.6. The lowest BCUT2D eigenvalue weighted by molar-refractivity contribution is -0.123. The van der Waals surface area contributed by atoms with Crippen molar-refractivity contribution in [2.75, 3.05) is 26.2 Å². The van der Waals surface area contributed by atoms with Crippen molar-refractivity contribution >= 4 is 17.5 Å². The predicted molar refractivity (Wildman–Crippen MR) is 104 cm³/mol. The molecule has 0 unspecified atom stereocenters. The largest absolute Gasteiger partial charge is 0.492 e. The van der Waals surface area contributed by atoms with Crippen molar-refractivity contribution in [3.05, 3.63) is 29.3 Å². The number of amides is 1. The van der Waals surface area contributed by atoms with Crippen LogP contribution in [0.25, 0.3) is 0 Å². The standard InChI is InChI=1S/C20H30ClN3O2/c21-16-4-6-18(7-5-16)26-13-12-24-10-8-17(9-11-24)23-20(25)14-15-2-1-3-19(15)22/h4-7,15,17,19H,1-3,8-14,22H2,(H,23,25)/t15-,19+/m0/s1. The van der Waals surface area contributed by atoms with Gasteiger partial charge in [-0.2, -0.15) is 0 Å². The molecule has 2 aliphatic rings. The molecule has 1 amide bonds. The van der Waals surface area contributed by atoms with Crippen molar-refractivity contribution in [3.63, 3.8) is 0 Å². The van der Waals surface area contributed by atoms with Crippen LogP contribution in [-0.2, 0) is 4.79 Å². The van der Waals surface area contributed by atoms with Crippen LogP contribution < -0.4 is 15.8 Å². The summed E-state index contributed by atoms with van der Waals surface area (Å²) in [5, 5.41) is 3.93. The number of rotatable bonds is 7. The molecular weight excluding hydrogens is 350 g/mol. The van der Waals surface area contributed by atoms with Gasteiger partial charge in [0.15, 0.2) is 0 Å². The molecule has 26 heavy (non-hydrogen) atoms. The molecule has 3 N–H and O–H groups in total. The molecule has 3 rings (SSSR count). The van der Waals surface area contributed by atoms with Crippen molar-refractivity contribution < 1.29 is 9.53 Å². The molecule has 1 aromatic carbocycles. The molecule has 0 bridgehead atoms. The van der Waals surface area contributed by atoms with E-state index in [1.165, 1.54) is 0 Å². The van der Waals surface area contributed by atoms with Gasteiger partial charge < -0.3 is 15.8 Å². The van der Waals surface area contributed by atoms with E-state index in [1.54, 1.807) is 0 Å². The average Bonchev–Trinajstić information content (AvgIpc) is 3.03. The lowest BCUT2D eigenvalue weighted by atomic mass is 9.98. The van der Waals surface area contributed by atoms with Crippen molar-refractivity contribution in [2.24, 2.45) is 11.7 Å². The summed E-state index contributed by atoms with van der Waals surface area (Å²) in [5.74, 6) is 1.40. The van der Waals surface area contributed by atoms with E-state index in [0.717, 1.165) is 62.5 Å². The highest BCUT2D eigenvalue weighted by Gasteiger charge is 2.27. The first-order valence-electron chi connectivity index (χ1n) is 9.76. The summed E-state index contributed by atoms with van der Waals surface area (Å²) in [6, 6.07) is 7.96. The van der Waals surface area contributed by atoms with Crippen LogP contribution in [0.15, 0.2) is 24.3 Å². The SMILES string of the molecule is N[C@@H]1CCC[C@H]1CC(=O)NC1CCN(CCOc2ccc(Cl)cc2)CC1. The second-order valence-corrected chi connectivity index (χ2v) is 7.98. The van der Waals surface area contributed by atoms with Gasteiger partial charge >= 0.3 is 0 Å². The normalized spacial score (nSPS) is 24.5. The maximum Gasteiger partial charge on any atom is 0.220 e. The Bertz CT molecular complexity index is 573. The fourth-order valence-corrected chi connectivity index (χ4v) is 4.09. The molecule has 1 heterocycles. The van der Waals surface area contributed by atoms with Gasteiger partial charge in [0.05, 0.1) is 0 Å². The molecule has 5 nitrogen and oxygen atoms in total. The number of likely N-dealkylation sites (tertiary alicyclic amines) is 1. The maximum atomic E-state index is 12.2. The number of nitrogens with one attached hydrogen (secondary N) is 1. The minimum Gasteiger partial charge on any atom is -0.492 e. The van der Waals surface area contributed by atoms with Crippen LogP contribution in [0, 0.1) is 5.92 Å². The van der Waals surface area contributed by atoms with Crippen LogP contribution in [0.4, 0.5) is 0 Å². The van der Waals surface area contributed by atoms with Gasteiger partial charge in [-0.1, -0.05) is 18.0 Å². The Labute approximate surface area is 161 Å². The van der Waals surface area contributed by atoms with E-state index < -0.39 is 0 Å². The van der Waals surface area contributed by atoms with Crippen LogP contribution in [0.3, 0.4) is 0 Å². The molecular formula is C20H30ClN3O2. The number of hydrogen-bond donors (Lipinski definition) is 2. The summed E-state index contributed by atoms with van der Waals surface area (Å²) < 4.78 is 5.76. The lowest BCUT2D eigenvalue weighted by Gasteiger charge is -2.32. The molecule has 6 heteroatoms. The zero-order chi connectivity index (χ0) is 18.4. The summed E-state index contributed by atoms with van der Waals surface area (Å²) in [6.45, 7) is 3.56. The molecule has 0 aromatic heterocycles. The maximum absolute atomic E-state index is 12.2. The third-order valence-electron chi connectivity index (χ3n) is 5.61. The second kappa shape index (κ2) is 9.58. The van der Waals surface area contributed by atoms with Gasteiger partial charge in [-0.15, -0.1) is 0 Å². The van der Waals surface area contributed by atoms with Gasteiger partial charge in [-0.05, 0) is 55.9 Å². The lowest BCUT2D eigenvalue weighted by Crippen LogP contribution is -2.46. The van der Waals surface area contributed by atoms with E-state index in [1.807, 2.05) is 24.3 Å². The van der Waals surface area contributed by atoms with E-state index in [9.17, 15) is 4.79 Å². The first-order chi connectivity index (χ1) is 12.6. The van der Waals surface area contributed by atoms with Gasteiger partial charge in [-0.3, -0.25) is 9.69 Å². The third-order valence-corrected chi connectivity index (χ3v) is 5.86. The smallest absolute Gasteiger partial charge is 0.220 e. The molecule has 1 saturated carbocycles. The molecule has 1 aliphatic heterocycles. The van der Waals surface area contributed by atoms with Crippen LogP contribution in [-0.4, -0.2) is 49.1 Å². The molecule has 1 saturated heterocycles. The molecule has 1 aliphatic carbocycles. The molecule has 1 aromatic rings. The minimum absolute atomic E-state index is 0.178. The number of ether oxygens (including phenoxy) is 1. The van der Waals surface area contributed by atoms with E-state index in [0.29, 0.717) is 25.0 Å². The Kier molecular flexibility index (Phi) is 7.17. The molecule has 2 atom stereocenters. The fourth-order valence-electron chi connectivity index (χ4n) is 3.97. The number of carbonyl (C=O) groups is 1. The number of hydrogen-bond acceptors (Lipinski definition) is 4. The summed E-state index contributed by atoms with van der Waals surface area (Å²) >= 11 is 5.87. The molecule has 0 spiro atoms. The van der Waals surface area contributed by atoms with Crippen LogP contribution >= 0.6 is 11.6 Å². The Morgan fingerprint density at radius 3 is 2.58 bits per heavy atom. The van der Waals surface area contributed by atoms with Crippen molar-refractivity contribution in [1.82, 2.24) is 10.2 Å². The summed E-state index contributed by atoms with van der Waals surface area (Å²) in [5.41, 5.74) is 6.07. The van der Waals surface area contributed by atoms with Crippen LogP contribution in [0.5, 0.6) is 5.75 Å². The fraction of sp³-hybridized carbons (Fsp3) is 0.650. The van der Waals surface area contributed by atoms with Gasteiger partial charge in [0.2, 0.25) is 5.91 Å². The molecule has 2 fully saturated rings. The van der Waals surface area contributed by atoms with Gasteiger partial charge in [0.25, 0.3) is 0 Å². The van der Waals surface area contributed by atoms with E-state index in [-0.39, 0.29) is 11.9 Å². The monoisotopic (exact) mass is 379 g/mol. The van der Waals surface area contributed by atoms with E-state index in [2.05, 4.69) is 10.2 Å². The Hall–Kier alpha value is -1.30. The van der Waals surface area contributed by atoms with E-state index >= 15 is 0 Å². The Morgan fingerprint density at radius 2 is 1.92 bits per heavy atom. The second-order valence-electron chi connectivity index (χ2n) is 7.54. The number of nitrogens with zero attached hydrogens (tertiary/aromatic N) is 1. The third kappa shape index (κ3) is 5.86. The quantitative estimate of drug-likeness (QED) is 0.764. The first kappa shape index (κ1) is 19.5. The molecule has 144 valence electrons. The number of piperidine rings is 1.